The number of carbonyl (C=O) groups is 1. The van der Waals surface area contributed by atoms with Crippen LogP contribution in [0, 0.1) is 5.92 Å². The zero-order valence-electron chi connectivity index (χ0n) is 17.7. The second kappa shape index (κ2) is 10.6. The van der Waals surface area contributed by atoms with Crippen LogP contribution in [-0.4, -0.2) is 41.9 Å². The maximum atomic E-state index is 12.8. The molecule has 2 heterocycles. The van der Waals surface area contributed by atoms with Gasteiger partial charge in [-0.2, -0.15) is 0 Å². The number of nitrogens with one attached hydrogen (secondary N) is 1. The molecule has 4 nitrogen and oxygen atoms in total. The summed E-state index contributed by atoms with van der Waals surface area (Å²) in [5, 5.41) is 3.22. The van der Waals surface area contributed by atoms with Crippen molar-refractivity contribution in [2.75, 3.05) is 26.2 Å². The number of amides is 1. The Hall–Kier alpha value is -1.69. The van der Waals surface area contributed by atoms with Crippen molar-refractivity contribution in [3.8, 4) is 0 Å². The van der Waals surface area contributed by atoms with Gasteiger partial charge in [0, 0.05) is 30.0 Å². The lowest BCUT2D eigenvalue weighted by atomic mass is 9.95. The number of hydrogen-bond acceptors (Lipinski definition) is 3. The fourth-order valence-corrected chi connectivity index (χ4v) is 4.86. The van der Waals surface area contributed by atoms with E-state index >= 15 is 0 Å². The predicted octanol–water partition coefficient (Wildman–Crippen LogP) is 4.57. The molecule has 0 bridgehead atoms. The van der Waals surface area contributed by atoms with Crippen molar-refractivity contribution in [1.29, 1.82) is 0 Å². The van der Waals surface area contributed by atoms with Crippen LogP contribution in [0.2, 0.25) is 0 Å². The monoisotopic (exact) mass is 469 g/mol. The molecule has 4 rings (SSSR count). The van der Waals surface area contributed by atoms with Crippen molar-refractivity contribution in [3.05, 3.63) is 69.7 Å². The largest absolute Gasteiger partial charge is 0.352 e. The van der Waals surface area contributed by atoms with Crippen molar-refractivity contribution < 1.29 is 4.79 Å². The first-order valence-electron chi connectivity index (χ1n) is 11.2. The van der Waals surface area contributed by atoms with Gasteiger partial charge in [-0.1, -0.05) is 52.3 Å². The van der Waals surface area contributed by atoms with Crippen LogP contribution in [0.1, 0.15) is 42.4 Å². The second-order valence-electron chi connectivity index (χ2n) is 8.65. The van der Waals surface area contributed by atoms with Crippen LogP contribution in [0.5, 0.6) is 0 Å². The van der Waals surface area contributed by atoms with Gasteiger partial charge < -0.3 is 5.32 Å². The van der Waals surface area contributed by atoms with Gasteiger partial charge in [0.1, 0.15) is 0 Å². The van der Waals surface area contributed by atoms with Crippen molar-refractivity contribution >= 4 is 21.8 Å². The van der Waals surface area contributed by atoms with Crippen molar-refractivity contribution in [1.82, 2.24) is 15.1 Å². The Kier molecular flexibility index (Phi) is 7.58. The van der Waals surface area contributed by atoms with Crippen molar-refractivity contribution in [2.45, 2.75) is 45.3 Å². The van der Waals surface area contributed by atoms with Gasteiger partial charge in [-0.3, -0.25) is 14.6 Å². The van der Waals surface area contributed by atoms with Crippen LogP contribution in [0.4, 0.5) is 0 Å². The highest BCUT2D eigenvalue weighted by molar-refractivity contribution is 9.10. The maximum Gasteiger partial charge on any atom is 0.223 e. The van der Waals surface area contributed by atoms with Gasteiger partial charge in [-0.25, -0.2) is 0 Å². The van der Waals surface area contributed by atoms with E-state index in [9.17, 15) is 4.79 Å². The molecular formula is C25H32BrN3O. The molecular weight excluding hydrogens is 438 g/mol. The number of benzene rings is 2. The zero-order chi connectivity index (χ0) is 20.8. The molecule has 2 saturated heterocycles. The lowest BCUT2D eigenvalue weighted by molar-refractivity contribution is -0.126. The summed E-state index contributed by atoms with van der Waals surface area (Å²) < 4.78 is 1.11. The average molecular weight is 470 g/mol. The maximum absolute atomic E-state index is 12.8. The number of nitrogens with zero attached hydrogens (tertiary/aromatic N) is 2. The first-order chi connectivity index (χ1) is 14.7. The van der Waals surface area contributed by atoms with E-state index in [1.165, 1.54) is 42.6 Å². The predicted molar refractivity (Wildman–Crippen MR) is 125 cm³/mol. The minimum Gasteiger partial charge on any atom is -0.352 e. The summed E-state index contributed by atoms with van der Waals surface area (Å²) in [6, 6.07) is 17.1. The molecule has 0 saturated carbocycles. The van der Waals surface area contributed by atoms with Crippen LogP contribution >= 0.6 is 15.9 Å². The first-order valence-corrected chi connectivity index (χ1v) is 12.0. The third-order valence-electron chi connectivity index (χ3n) is 6.44. The molecule has 0 atom stereocenters. The summed E-state index contributed by atoms with van der Waals surface area (Å²) in [6.07, 6.45) is 4.49. The van der Waals surface area contributed by atoms with E-state index in [0.717, 1.165) is 43.5 Å². The van der Waals surface area contributed by atoms with E-state index in [2.05, 4.69) is 79.6 Å². The summed E-state index contributed by atoms with van der Waals surface area (Å²) in [5.41, 5.74) is 3.94. The minimum absolute atomic E-state index is 0.136. The Balaban J connectivity index is 1.24. The first kappa shape index (κ1) is 21.5. The standard InChI is InChI=1S/C25H32BrN3O/c26-24-9-7-20(8-10-24)18-29-15-11-21(12-16-29)25(30)27-17-22-5-1-2-6-23(22)19-28-13-3-4-14-28/h1-2,5-10,21H,3-4,11-19H2,(H,27,30). The Morgan fingerprint density at radius 1 is 0.867 bits per heavy atom. The molecule has 5 heteroatoms. The molecule has 0 aromatic heterocycles. The van der Waals surface area contributed by atoms with Crippen LogP contribution in [0.25, 0.3) is 0 Å². The SMILES string of the molecule is O=C(NCc1ccccc1CN1CCCC1)C1CCN(Cc2ccc(Br)cc2)CC1. The lowest BCUT2D eigenvalue weighted by Crippen LogP contribution is -2.40. The molecule has 1 N–H and O–H groups in total. The molecule has 30 heavy (non-hydrogen) atoms. The van der Waals surface area contributed by atoms with Crippen LogP contribution in [-0.2, 0) is 24.4 Å². The average Bonchev–Trinajstić information content (AvgIpc) is 3.28. The third-order valence-corrected chi connectivity index (χ3v) is 6.97. The normalized spacial score (nSPS) is 18.6. The van der Waals surface area contributed by atoms with E-state index in [0.29, 0.717) is 6.54 Å². The van der Waals surface area contributed by atoms with E-state index < -0.39 is 0 Å². The van der Waals surface area contributed by atoms with E-state index in [1.54, 1.807) is 0 Å². The van der Waals surface area contributed by atoms with Gasteiger partial charge in [-0.05, 0) is 80.7 Å². The van der Waals surface area contributed by atoms with Gasteiger partial charge in [0.25, 0.3) is 0 Å². The molecule has 0 radical (unpaired) electrons. The van der Waals surface area contributed by atoms with Crippen molar-refractivity contribution in [2.24, 2.45) is 5.92 Å². The van der Waals surface area contributed by atoms with Gasteiger partial charge in [-0.15, -0.1) is 0 Å². The fraction of sp³-hybridized carbons (Fsp3) is 0.480. The molecule has 0 unspecified atom stereocenters. The van der Waals surface area contributed by atoms with Gasteiger partial charge >= 0.3 is 0 Å². The summed E-state index contributed by atoms with van der Waals surface area (Å²) in [4.78, 5) is 17.8. The third kappa shape index (κ3) is 5.93. The summed E-state index contributed by atoms with van der Waals surface area (Å²) >= 11 is 3.49. The number of hydrogen-bond donors (Lipinski definition) is 1. The second-order valence-corrected chi connectivity index (χ2v) is 9.56. The van der Waals surface area contributed by atoms with E-state index in [4.69, 9.17) is 0 Å². The highest BCUT2D eigenvalue weighted by Crippen LogP contribution is 2.21. The molecule has 2 aromatic rings. The molecule has 2 aromatic carbocycles. The van der Waals surface area contributed by atoms with Crippen molar-refractivity contribution in [3.63, 3.8) is 0 Å². The number of piperidine rings is 1. The molecule has 2 fully saturated rings. The van der Waals surface area contributed by atoms with Gasteiger partial charge in [0.2, 0.25) is 5.91 Å². The Morgan fingerprint density at radius 3 is 2.20 bits per heavy atom. The molecule has 0 spiro atoms. The summed E-state index contributed by atoms with van der Waals surface area (Å²) in [7, 11) is 0. The van der Waals surface area contributed by atoms with Gasteiger partial charge in [0.15, 0.2) is 0 Å². The number of halogens is 1. The van der Waals surface area contributed by atoms with E-state index in [-0.39, 0.29) is 11.8 Å². The molecule has 2 aliphatic heterocycles. The number of likely N-dealkylation sites (tertiary alicyclic amines) is 2. The topological polar surface area (TPSA) is 35.6 Å². The molecule has 160 valence electrons. The molecule has 0 aliphatic carbocycles. The summed E-state index contributed by atoms with van der Waals surface area (Å²) in [6.45, 7) is 6.96. The Bertz CT molecular complexity index is 825. The quantitative estimate of drug-likeness (QED) is 0.644. The number of rotatable bonds is 7. The highest BCUT2D eigenvalue weighted by atomic mass is 79.9. The van der Waals surface area contributed by atoms with Crippen LogP contribution in [0.15, 0.2) is 53.0 Å². The summed E-state index contributed by atoms with van der Waals surface area (Å²) in [5.74, 6) is 0.353. The smallest absolute Gasteiger partial charge is 0.223 e. The zero-order valence-corrected chi connectivity index (χ0v) is 19.2. The molecule has 1 amide bonds. The Morgan fingerprint density at radius 2 is 1.50 bits per heavy atom. The van der Waals surface area contributed by atoms with Crippen LogP contribution < -0.4 is 5.32 Å². The van der Waals surface area contributed by atoms with E-state index in [1.807, 2.05) is 0 Å². The fourth-order valence-electron chi connectivity index (χ4n) is 4.59. The van der Waals surface area contributed by atoms with Crippen LogP contribution in [0.3, 0.4) is 0 Å². The molecule has 2 aliphatic rings. The minimum atomic E-state index is 0.136. The van der Waals surface area contributed by atoms with Gasteiger partial charge in [0.05, 0.1) is 0 Å². The Labute approximate surface area is 188 Å². The highest BCUT2D eigenvalue weighted by Gasteiger charge is 2.25. The lowest BCUT2D eigenvalue weighted by Gasteiger charge is -2.31. The number of carbonyl (C=O) groups excluding carboxylic acids is 1.